The molecule has 8 nitrogen and oxygen atoms in total. The van der Waals surface area contributed by atoms with Crippen LogP contribution in [0.25, 0.3) is 10.2 Å². The van der Waals surface area contributed by atoms with Gasteiger partial charge < -0.3 is 19.0 Å². The highest BCUT2D eigenvalue weighted by atomic mass is 32.1. The molecule has 40 heavy (non-hydrogen) atoms. The smallest absolute Gasteiger partial charge is 0.349 e. The number of hydrogen-bond acceptors (Lipinski definition) is 8. The Bertz CT molecular complexity index is 1520. The molecule has 0 aliphatic rings. The van der Waals surface area contributed by atoms with Gasteiger partial charge in [0.15, 0.2) is 5.60 Å². The standard InChI is InChI=1S/C31H34N2O6S/c1-5-37-29(34)31(2,3)39-25-15-11-14-24(21-25)38-19-10-9-18-33-26-17-16-23(20-27(26)40-30(33)35)28(32-36-4)22-12-7-6-8-13-22/h6-8,11-17,20-21H,5,9-10,18-19H2,1-4H3/b32-28+. The molecule has 0 spiro atoms. The van der Waals surface area contributed by atoms with E-state index in [1.54, 1.807) is 32.9 Å². The molecule has 3 aromatic carbocycles. The third-order valence-corrected chi connectivity index (χ3v) is 7.10. The van der Waals surface area contributed by atoms with Crippen LogP contribution in [0.3, 0.4) is 0 Å². The number of carbonyl (C=O) groups is 1. The molecule has 4 rings (SSSR count). The summed E-state index contributed by atoms with van der Waals surface area (Å²) in [6.45, 7) is 6.48. The molecule has 0 unspecified atom stereocenters. The number of benzene rings is 3. The number of aryl methyl sites for hydroxylation is 1. The average molecular weight is 563 g/mol. The molecular weight excluding hydrogens is 528 g/mol. The van der Waals surface area contributed by atoms with Crippen molar-refractivity contribution in [3.8, 4) is 11.5 Å². The number of rotatable bonds is 13. The van der Waals surface area contributed by atoms with Crippen LogP contribution < -0.4 is 14.3 Å². The van der Waals surface area contributed by atoms with Gasteiger partial charge >= 0.3 is 10.8 Å². The fourth-order valence-electron chi connectivity index (χ4n) is 4.22. The quantitative estimate of drug-likeness (QED) is 0.0854. The van der Waals surface area contributed by atoms with Crippen molar-refractivity contribution in [3.63, 3.8) is 0 Å². The predicted octanol–water partition coefficient (Wildman–Crippen LogP) is 6.04. The van der Waals surface area contributed by atoms with E-state index in [0.717, 1.165) is 34.2 Å². The van der Waals surface area contributed by atoms with Gasteiger partial charge in [-0.2, -0.15) is 0 Å². The first-order valence-electron chi connectivity index (χ1n) is 13.2. The Hall–Kier alpha value is -4.11. The van der Waals surface area contributed by atoms with Gasteiger partial charge in [-0.1, -0.05) is 59.0 Å². The minimum absolute atomic E-state index is 0.00655. The largest absolute Gasteiger partial charge is 0.493 e. The first-order valence-corrected chi connectivity index (χ1v) is 14.0. The van der Waals surface area contributed by atoms with Gasteiger partial charge in [-0.25, -0.2) is 4.79 Å². The molecule has 0 fully saturated rings. The minimum Gasteiger partial charge on any atom is -0.493 e. The Morgan fingerprint density at radius 2 is 1.73 bits per heavy atom. The Kier molecular flexibility index (Phi) is 9.60. The lowest BCUT2D eigenvalue weighted by Gasteiger charge is -2.24. The first kappa shape index (κ1) is 28.9. The number of unbranched alkanes of at least 4 members (excludes halogenated alkanes) is 1. The number of esters is 1. The summed E-state index contributed by atoms with van der Waals surface area (Å²) >= 11 is 1.23. The summed E-state index contributed by atoms with van der Waals surface area (Å²) in [6, 6.07) is 22.9. The maximum atomic E-state index is 12.8. The molecule has 1 heterocycles. The summed E-state index contributed by atoms with van der Waals surface area (Å²) in [7, 11) is 1.53. The van der Waals surface area contributed by atoms with E-state index >= 15 is 0 Å². The molecule has 0 atom stereocenters. The lowest BCUT2D eigenvalue weighted by Crippen LogP contribution is -2.39. The van der Waals surface area contributed by atoms with Crippen molar-refractivity contribution in [2.24, 2.45) is 5.16 Å². The monoisotopic (exact) mass is 562 g/mol. The van der Waals surface area contributed by atoms with Crippen molar-refractivity contribution < 1.29 is 23.8 Å². The normalized spacial score (nSPS) is 11.8. The number of carbonyl (C=O) groups excluding carboxylic acids is 1. The van der Waals surface area contributed by atoms with Crippen LogP contribution in [0.2, 0.25) is 0 Å². The third kappa shape index (κ3) is 7.09. The summed E-state index contributed by atoms with van der Waals surface area (Å²) < 4.78 is 19.5. The highest BCUT2D eigenvalue weighted by molar-refractivity contribution is 7.16. The SMILES string of the molecule is CCOC(=O)C(C)(C)Oc1cccc(OCCCCn2c(=O)sc3cc(/C(=N/OC)c4ccccc4)ccc32)c1. The molecule has 0 aliphatic heterocycles. The molecule has 9 heteroatoms. The van der Waals surface area contributed by atoms with E-state index in [0.29, 0.717) is 37.0 Å². The zero-order chi connectivity index (χ0) is 28.5. The van der Waals surface area contributed by atoms with Gasteiger partial charge in [-0.05, 0) is 57.9 Å². The molecule has 0 N–H and O–H groups in total. The van der Waals surface area contributed by atoms with E-state index in [4.69, 9.17) is 19.0 Å². The number of fused-ring (bicyclic) bond motifs is 1. The summed E-state index contributed by atoms with van der Waals surface area (Å²) in [5.74, 6) is 0.750. The second kappa shape index (κ2) is 13.3. The molecule has 4 aromatic rings. The van der Waals surface area contributed by atoms with Crippen LogP contribution in [0.5, 0.6) is 11.5 Å². The molecule has 1 aromatic heterocycles. The van der Waals surface area contributed by atoms with E-state index in [1.165, 1.54) is 18.4 Å². The van der Waals surface area contributed by atoms with Gasteiger partial charge in [0.2, 0.25) is 0 Å². The molecule has 0 radical (unpaired) electrons. The summed E-state index contributed by atoms with van der Waals surface area (Å²) in [5.41, 5.74) is 2.34. The van der Waals surface area contributed by atoms with Gasteiger partial charge in [-0.3, -0.25) is 9.36 Å². The Labute approximate surface area is 237 Å². The van der Waals surface area contributed by atoms with Crippen LogP contribution in [0, 0.1) is 0 Å². The van der Waals surface area contributed by atoms with Gasteiger partial charge in [0, 0.05) is 23.7 Å². The van der Waals surface area contributed by atoms with Crippen LogP contribution in [0.4, 0.5) is 0 Å². The highest BCUT2D eigenvalue weighted by Gasteiger charge is 2.31. The van der Waals surface area contributed by atoms with E-state index in [-0.39, 0.29) is 4.87 Å². The topological polar surface area (TPSA) is 88.4 Å². The highest BCUT2D eigenvalue weighted by Crippen LogP contribution is 2.25. The number of thiazole rings is 1. The van der Waals surface area contributed by atoms with Crippen LogP contribution >= 0.6 is 11.3 Å². The van der Waals surface area contributed by atoms with E-state index < -0.39 is 11.6 Å². The Balaban J connectivity index is 1.35. The van der Waals surface area contributed by atoms with Crippen molar-refractivity contribution in [2.75, 3.05) is 20.3 Å². The molecule has 0 bridgehead atoms. The van der Waals surface area contributed by atoms with E-state index in [9.17, 15) is 9.59 Å². The van der Waals surface area contributed by atoms with Crippen molar-refractivity contribution in [1.82, 2.24) is 4.57 Å². The zero-order valence-corrected chi connectivity index (χ0v) is 24.0. The Morgan fingerprint density at radius 1 is 0.950 bits per heavy atom. The van der Waals surface area contributed by atoms with E-state index in [2.05, 4.69) is 5.16 Å². The predicted molar refractivity (Wildman–Crippen MR) is 158 cm³/mol. The molecule has 0 saturated heterocycles. The van der Waals surface area contributed by atoms with Gasteiger partial charge in [0.1, 0.15) is 24.3 Å². The fraction of sp³-hybridized carbons (Fsp3) is 0.323. The molecule has 0 amide bonds. The number of nitrogens with zero attached hydrogens (tertiary/aromatic N) is 2. The van der Waals surface area contributed by atoms with Gasteiger partial charge in [-0.15, -0.1) is 0 Å². The second-order valence-electron chi connectivity index (χ2n) is 9.55. The van der Waals surface area contributed by atoms with Crippen molar-refractivity contribution in [2.45, 2.75) is 45.8 Å². The maximum absolute atomic E-state index is 12.8. The minimum atomic E-state index is -1.11. The number of aromatic nitrogens is 1. The lowest BCUT2D eigenvalue weighted by molar-refractivity contribution is -0.158. The number of oxime groups is 1. The van der Waals surface area contributed by atoms with Gasteiger partial charge in [0.25, 0.3) is 0 Å². The number of ether oxygens (including phenoxy) is 3. The summed E-state index contributed by atoms with van der Waals surface area (Å²) in [5, 5.41) is 4.23. The Morgan fingerprint density at radius 3 is 2.48 bits per heavy atom. The first-order chi connectivity index (χ1) is 19.3. The third-order valence-electron chi connectivity index (χ3n) is 6.16. The molecule has 0 aliphatic carbocycles. The van der Waals surface area contributed by atoms with Gasteiger partial charge in [0.05, 0.1) is 23.4 Å². The van der Waals surface area contributed by atoms with Crippen LogP contribution in [-0.2, 0) is 20.9 Å². The molecule has 210 valence electrons. The van der Waals surface area contributed by atoms with Crippen LogP contribution in [0.15, 0.2) is 82.7 Å². The summed E-state index contributed by atoms with van der Waals surface area (Å²) in [4.78, 5) is 30.0. The van der Waals surface area contributed by atoms with Crippen LogP contribution in [0.1, 0.15) is 44.7 Å². The van der Waals surface area contributed by atoms with Crippen molar-refractivity contribution >= 4 is 33.2 Å². The lowest BCUT2D eigenvalue weighted by atomic mass is 10.0. The van der Waals surface area contributed by atoms with Crippen molar-refractivity contribution in [3.05, 3.63) is 93.6 Å². The van der Waals surface area contributed by atoms with Crippen LogP contribution in [-0.4, -0.2) is 42.2 Å². The average Bonchev–Trinajstić information content (AvgIpc) is 3.26. The fourth-order valence-corrected chi connectivity index (χ4v) is 5.17. The van der Waals surface area contributed by atoms with Crippen molar-refractivity contribution in [1.29, 1.82) is 0 Å². The molecular formula is C31H34N2O6S. The van der Waals surface area contributed by atoms with E-state index in [1.807, 2.05) is 65.2 Å². The summed E-state index contributed by atoms with van der Waals surface area (Å²) in [6.07, 6.45) is 1.54. The molecule has 0 saturated carbocycles. The zero-order valence-electron chi connectivity index (χ0n) is 23.2. The maximum Gasteiger partial charge on any atom is 0.349 e. The number of hydrogen-bond donors (Lipinski definition) is 0. The second-order valence-corrected chi connectivity index (χ2v) is 10.5.